The van der Waals surface area contributed by atoms with E-state index in [1.807, 2.05) is 18.2 Å². The van der Waals surface area contributed by atoms with E-state index >= 15 is 0 Å². The van der Waals surface area contributed by atoms with E-state index in [1.165, 1.54) is 4.68 Å². The van der Waals surface area contributed by atoms with Gasteiger partial charge in [-0.25, -0.2) is 4.68 Å². The minimum Gasteiger partial charge on any atom is -0.481 e. The second-order valence-corrected chi connectivity index (χ2v) is 4.07. The van der Waals surface area contributed by atoms with Crippen LogP contribution in [0.2, 0.25) is 0 Å². The highest BCUT2D eigenvalue weighted by Crippen LogP contribution is 2.21. The van der Waals surface area contributed by atoms with E-state index in [9.17, 15) is 9.90 Å². The first kappa shape index (κ1) is 11.5. The number of benzene rings is 1. The third-order valence-electron chi connectivity index (χ3n) is 1.89. The van der Waals surface area contributed by atoms with Crippen LogP contribution in [0.4, 0.5) is 0 Å². The molecule has 0 radical (unpaired) electrons. The smallest absolute Gasteiger partial charge is 0.334 e. The van der Waals surface area contributed by atoms with Gasteiger partial charge in [0.2, 0.25) is 0 Å². The highest BCUT2D eigenvalue weighted by molar-refractivity contribution is 7.99. The van der Waals surface area contributed by atoms with Crippen LogP contribution >= 0.6 is 11.8 Å². The average Bonchev–Trinajstić information content (AvgIpc) is 2.69. The van der Waals surface area contributed by atoms with Crippen LogP contribution in [-0.2, 0) is 4.79 Å². The van der Waals surface area contributed by atoms with Crippen molar-refractivity contribution in [3.63, 3.8) is 0 Å². The summed E-state index contributed by atoms with van der Waals surface area (Å²) in [6.45, 7) is 0. The molecule has 0 aliphatic rings. The van der Waals surface area contributed by atoms with Gasteiger partial charge in [-0.05, 0) is 12.1 Å². The van der Waals surface area contributed by atoms with Crippen molar-refractivity contribution in [2.75, 3.05) is 5.75 Å². The Hall–Kier alpha value is -2.02. The number of carbonyl (C=O) groups is 1. The van der Waals surface area contributed by atoms with Gasteiger partial charge in [-0.15, -0.1) is 5.10 Å². The molecule has 0 spiro atoms. The Kier molecular flexibility index (Phi) is 3.29. The summed E-state index contributed by atoms with van der Waals surface area (Å²) in [6, 6.07) is 8.70. The van der Waals surface area contributed by atoms with Crippen LogP contribution < -0.4 is 0 Å². The first-order valence-corrected chi connectivity index (χ1v) is 5.71. The zero-order valence-electron chi connectivity index (χ0n) is 8.65. The van der Waals surface area contributed by atoms with Gasteiger partial charge in [-0.3, -0.25) is 4.79 Å². The molecule has 2 rings (SSSR count). The average molecular weight is 251 g/mol. The maximum Gasteiger partial charge on any atom is 0.334 e. The maximum atomic E-state index is 10.5. The van der Waals surface area contributed by atoms with Crippen LogP contribution in [0.25, 0.3) is 5.69 Å². The Bertz CT molecular complexity index is 527. The van der Waals surface area contributed by atoms with Gasteiger partial charge in [0.25, 0.3) is 0 Å². The Morgan fingerprint density at radius 2 is 2.06 bits per heavy atom. The summed E-state index contributed by atoms with van der Waals surface area (Å²) in [5, 5.41) is 22.0. The van der Waals surface area contributed by atoms with Crippen molar-refractivity contribution >= 4 is 17.7 Å². The van der Waals surface area contributed by atoms with Crippen molar-refractivity contribution < 1.29 is 15.0 Å². The fraction of sp³-hybridized carbons (Fsp3) is 0.100. The van der Waals surface area contributed by atoms with E-state index in [2.05, 4.69) is 10.1 Å². The summed E-state index contributed by atoms with van der Waals surface area (Å²) >= 11 is 1.00. The lowest BCUT2D eigenvalue weighted by Gasteiger charge is -2.03. The van der Waals surface area contributed by atoms with E-state index in [-0.39, 0.29) is 11.8 Å². The van der Waals surface area contributed by atoms with Crippen molar-refractivity contribution in [1.29, 1.82) is 0 Å². The number of aromatic nitrogens is 3. The molecule has 0 saturated carbocycles. The third-order valence-corrected chi connectivity index (χ3v) is 2.81. The molecule has 1 aromatic carbocycles. The first-order chi connectivity index (χ1) is 8.16. The summed E-state index contributed by atoms with van der Waals surface area (Å²) in [6.07, 6.45) is 0. The molecule has 6 nitrogen and oxygen atoms in total. The Balaban J connectivity index is 2.31. The van der Waals surface area contributed by atoms with Gasteiger partial charge >= 0.3 is 12.0 Å². The number of nitrogens with zero attached hydrogens (tertiary/aromatic N) is 3. The van der Waals surface area contributed by atoms with Crippen molar-refractivity contribution in [2.45, 2.75) is 5.16 Å². The van der Waals surface area contributed by atoms with Crippen LogP contribution in [0.1, 0.15) is 0 Å². The number of hydrogen-bond donors (Lipinski definition) is 2. The van der Waals surface area contributed by atoms with E-state index < -0.39 is 5.97 Å². The quantitative estimate of drug-likeness (QED) is 0.792. The lowest BCUT2D eigenvalue weighted by molar-refractivity contribution is -0.133. The standard InChI is InChI=1S/C10H9N3O3S/c14-8(15)6-17-10-11-9(16)12-13(10)7-4-2-1-3-5-7/h1-5H,6H2,(H,12,16)(H,14,15). The molecule has 0 unspecified atom stereocenters. The van der Waals surface area contributed by atoms with Crippen molar-refractivity contribution in [2.24, 2.45) is 0 Å². The fourth-order valence-electron chi connectivity index (χ4n) is 1.24. The Morgan fingerprint density at radius 1 is 1.35 bits per heavy atom. The topological polar surface area (TPSA) is 88.2 Å². The van der Waals surface area contributed by atoms with Crippen LogP contribution in [0.5, 0.6) is 6.01 Å². The number of rotatable bonds is 4. The first-order valence-electron chi connectivity index (χ1n) is 4.73. The highest BCUT2D eigenvalue weighted by atomic mass is 32.2. The van der Waals surface area contributed by atoms with Gasteiger partial charge in [-0.2, -0.15) is 4.98 Å². The highest BCUT2D eigenvalue weighted by Gasteiger charge is 2.12. The van der Waals surface area contributed by atoms with Crippen LogP contribution in [0, 0.1) is 0 Å². The molecule has 0 saturated heterocycles. The van der Waals surface area contributed by atoms with Gasteiger partial charge < -0.3 is 10.2 Å². The molecule has 88 valence electrons. The van der Waals surface area contributed by atoms with Gasteiger partial charge in [-0.1, -0.05) is 30.0 Å². The van der Waals surface area contributed by atoms with E-state index in [0.29, 0.717) is 10.8 Å². The van der Waals surface area contributed by atoms with Gasteiger partial charge in [0.1, 0.15) is 0 Å². The number of aliphatic carboxylic acids is 1. The number of hydrogen-bond acceptors (Lipinski definition) is 5. The molecular weight excluding hydrogens is 242 g/mol. The molecule has 0 aliphatic carbocycles. The summed E-state index contributed by atoms with van der Waals surface area (Å²) < 4.78 is 1.41. The summed E-state index contributed by atoms with van der Waals surface area (Å²) in [5.74, 6) is -1.08. The molecule has 2 aromatic rings. The molecule has 0 fully saturated rings. The fourth-order valence-corrected chi connectivity index (χ4v) is 1.91. The Morgan fingerprint density at radius 3 is 2.71 bits per heavy atom. The van der Waals surface area contributed by atoms with Crippen molar-refractivity contribution in [3.8, 4) is 11.7 Å². The van der Waals surface area contributed by atoms with E-state index in [1.54, 1.807) is 12.1 Å². The number of carboxylic acids is 1. The molecule has 1 aromatic heterocycles. The zero-order chi connectivity index (χ0) is 12.3. The number of carboxylic acid groups (broad SMARTS) is 1. The predicted octanol–water partition coefficient (Wildman–Crippen LogP) is 1.15. The van der Waals surface area contributed by atoms with Crippen LogP contribution in [0.3, 0.4) is 0 Å². The molecular formula is C10H9N3O3S. The normalized spacial score (nSPS) is 10.4. The summed E-state index contributed by atoms with van der Waals surface area (Å²) in [7, 11) is 0. The minimum absolute atomic E-state index is 0.134. The molecule has 7 heteroatoms. The largest absolute Gasteiger partial charge is 0.481 e. The molecule has 17 heavy (non-hydrogen) atoms. The second-order valence-electron chi connectivity index (χ2n) is 3.12. The molecule has 2 N–H and O–H groups in total. The Labute approximate surface area is 101 Å². The van der Waals surface area contributed by atoms with E-state index in [0.717, 1.165) is 11.8 Å². The number of aromatic hydroxyl groups is 1. The van der Waals surface area contributed by atoms with Gasteiger partial charge in [0, 0.05) is 0 Å². The monoisotopic (exact) mass is 251 g/mol. The summed E-state index contributed by atoms with van der Waals surface area (Å²) in [5.41, 5.74) is 0.716. The van der Waals surface area contributed by atoms with Crippen LogP contribution in [0.15, 0.2) is 35.5 Å². The lowest BCUT2D eigenvalue weighted by atomic mass is 10.3. The van der Waals surface area contributed by atoms with Crippen molar-refractivity contribution in [1.82, 2.24) is 14.8 Å². The molecule has 0 aliphatic heterocycles. The zero-order valence-corrected chi connectivity index (χ0v) is 9.46. The SMILES string of the molecule is O=C(O)CSc1nc(O)nn1-c1ccccc1. The minimum atomic E-state index is -0.947. The summed E-state index contributed by atoms with van der Waals surface area (Å²) in [4.78, 5) is 14.3. The predicted molar refractivity (Wildman–Crippen MR) is 61.4 cm³/mol. The van der Waals surface area contributed by atoms with Crippen molar-refractivity contribution in [3.05, 3.63) is 30.3 Å². The lowest BCUT2D eigenvalue weighted by Crippen LogP contribution is -2.02. The maximum absolute atomic E-state index is 10.5. The van der Waals surface area contributed by atoms with Gasteiger partial charge in [0.05, 0.1) is 11.4 Å². The number of para-hydroxylation sites is 1. The molecule has 0 amide bonds. The molecule has 0 atom stereocenters. The van der Waals surface area contributed by atoms with E-state index in [4.69, 9.17) is 5.11 Å². The van der Waals surface area contributed by atoms with Gasteiger partial charge in [0.15, 0.2) is 5.16 Å². The molecule has 0 bridgehead atoms. The number of thioether (sulfide) groups is 1. The molecule has 1 heterocycles. The second kappa shape index (κ2) is 4.88. The van der Waals surface area contributed by atoms with Crippen LogP contribution in [-0.4, -0.2) is 36.7 Å². The third kappa shape index (κ3) is 2.76.